The maximum absolute atomic E-state index is 5.56. The molecule has 0 fully saturated rings. The van der Waals surface area contributed by atoms with Crippen LogP contribution in [0.2, 0.25) is 0 Å². The van der Waals surface area contributed by atoms with Gasteiger partial charge in [-0.3, -0.25) is 0 Å². The van der Waals surface area contributed by atoms with E-state index in [0.717, 1.165) is 30.1 Å². The van der Waals surface area contributed by atoms with E-state index < -0.39 is 0 Å². The second kappa shape index (κ2) is 5.50. The first-order valence-electron chi connectivity index (χ1n) is 4.81. The first-order chi connectivity index (χ1) is 6.80. The predicted molar refractivity (Wildman–Crippen MR) is 56.7 cm³/mol. The molecule has 0 heterocycles. The van der Waals surface area contributed by atoms with Gasteiger partial charge in [-0.05, 0) is 24.1 Å². The molecule has 0 bridgehead atoms. The highest BCUT2D eigenvalue weighted by Crippen LogP contribution is 2.22. The summed E-state index contributed by atoms with van der Waals surface area (Å²) in [5, 5.41) is 0. The molecule has 0 aliphatic heterocycles. The van der Waals surface area contributed by atoms with Gasteiger partial charge in [-0.2, -0.15) is 0 Å². The van der Waals surface area contributed by atoms with E-state index in [9.17, 15) is 0 Å². The van der Waals surface area contributed by atoms with Crippen molar-refractivity contribution >= 4 is 0 Å². The average Bonchev–Trinajstić information content (AvgIpc) is 2.25. The van der Waals surface area contributed by atoms with Crippen LogP contribution >= 0.6 is 0 Å². The van der Waals surface area contributed by atoms with Gasteiger partial charge in [-0.1, -0.05) is 6.92 Å². The Morgan fingerprint density at radius 3 is 2.50 bits per heavy atom. The van der Waals surface area contributed by atoms with Crippen molar-refractivity contribution < 1.29 is 9.47 Å². The SMILES string of the molecule is CCCOc1cc(CN)cc(OC)c1. The molecule has 0 aliphatic carbocycles. The Morgan fingerprint density at radius 1 is 1.21 bits per heavy atom. The summed E-state index contributed by atoms with van der Waals surface area (Å²) in [7, 11) is 1.64. The van der Waals surface area contributed by atoms with Gasteiger partial charge in [0.1, 0.15) is 11.5 Å². The van der Waals surface area contributed by atoms with E-state index >= 15 is 0 Å². The fraction of sp³-hybridized carbons (Fsp3) is 0.455. The lowest BCUT2D eigenvalue weighted by Crippen LogP contribution is -2.00. The summed E-state index contributed by atoms with van der Waals surface area (Å²) in [5.74, 6) is 1.62. The zero-order valence-corrected chi connectivity index (χ0v) is 8.75. The van der Waals surface area contributed by atoms with E-state index in [2.05, 4.69) is 6.92 Å². The van der Waals surface area contributed by atoms with Crippen LogP contribution in [0.25, 0.3) is 0 Å². The van der Waals surface area contributed by atoms with Gasteiger partial charge < -0.3 is 15.2 Å². The van der Waals surface area contributed by atoms with E-state index in [1.807, 2.05) is 18.2 Å². The van der Waals surface area contributed by atoms with Crippen molar-refractivity contribution in [3.63, 3.8) is 0 Å². The number of ether oxygens (including phenoxy) is 2. The number of nitrogens with two attached hydrogens (primary N) is 1. The summed E-state index contributed by atoms with van der Waals surface area (Å²) in [6.07, 6.45) is 0.995. The van der Waals surface area contributed by atoms with Gasteiger partial charge in [0.2, 0.25) is 0 Å². The molecule has 0 amide bonds. The van der Waals surface area contributed by atoms with Gasteiger partial charge >= 0.3 is 0 Å². The molecule has 2 N–H and O–H groups in total. The molecule has 0 unspecified atom stereocenters. The number of rotatable bonds is 5. The Hall–Kier alpha value is -1.22. The predicted octanol–water partition coefficient (Wildman–Crippen LogP) is 1.94. The van der Waals surface area contributed by atoms with Gasteiger partial charge in [0.25, 0.3) is 0 Å². The number of hydrogen-bond donors (Lipinski definition) is 1. The average molecular weight is 195 g/mol. The number of hydrogen-bond acceptors (Lipinski definition) is 3. The molecule has 14 heavy (non-hydrogen) atoms. The van der Waals surface area contributed by atoms with E-state index in [0.29, 0.717) is 6.54 Å². The van der Waals surface area contributed by atoms with E-state index in [4.69, 9.17) is 15.2 Å². The third-order valence-corrected chi connectivity index (χ3v) is 1.88. The third-order valence-electron chi connectivity index (χ3n) is 1.88. The van der Waals surface area contributed by atoms with Gasteiger partial charge in [0.15, 0.2) is 0 Å². The van der Waals surface area contributed by atoms with E-state index in [-0.39, 0.29) is 0 Å². The molecular formula is C11H17NO2. The lowest BCUT2D eigenvalue weighted by molar-refractivity contribution is 0.314. The monoisotopic (exact) mass is 195 g/mol. The molecule has 0 saturated carbocycles. The Kier molecular flexibility index (Phi) is 4.26. The van der Waals surface area contributed by atoms with Gasteiger partial charge in [-0.15, -0.1) is 0 Å². The fourth-order valence-corrected chi connectivity index (χ4v) is 1.17. The van der Waals surface area contributed by atoms with Crippen molar-refractivity contribution in [3.05, 3.63) is 23.8 Å². The molecule has 1 rings (SSSR count). The summed E-state index contributed by atoms with van der Waals surface area (Å²) in [5.41, 5.74) is 6.58. The van der Waals surface area contributed by atoms with Crippen LogP contribution in [0.3, 0.4) is 0 Å². The highest BCUT2D eigenvalue weighted by Gasteiger charge is 2.00. The second-order valence-electron chi connectivity index (χ2n) is 3.07. The largest absolute Gasteiger partial charge is 0.497 e. The highest BCUT2D eigenvalue weighted by atomic mass is 16.5. The van der Waals surface area contributed by atoms with Crippen LogP contribution in [0.1, 0.15) is 18.9 Å². The normalized spacial score (nSPS) is 9.93. The van der Waals surface area contributed by atoms with Gasteiger partial charge in [0, 0.05) is 12.6 Å². The summed E-state index contributed by atoms with van der Waals surface area (Å²) >= 11 is 0. The Morgan fingerprint density at radius 2 is 1.93 bits per heavy atom. The summed E-state index contributed by atoms with van der Waals surface area (Å²) in [6, 6.07) is 5.73. The minimum Gasteiger partial charge on any atom is -0.497 e. The molecule has 0 atom stereocenters. The lowest BCUT2D eigenvalue weighted by atomic mass is 10.2. The summed E-state index contributed by atoms with van der Waals surface area (Å²) < 4.78 is 10.6. The Bertz CT molecular complexity index is 264. The van der Waals surface area contributed by atoms with Crippen molar-refractivity contribution in [2.24, 2.45) is 5.73 Å². The fourth-order valence-electron chi connectivity index (χ4n) is 1.17. The first-order valence-corrected chi connectivity index (χ1v) is 4.81. The molecule has 3 heteroatoms. The quantitative estimate of drug-likeness (QED) is 0.781. The Balaban J connectivity index is 2.81. The van der Waals surface area contributed by atoms with Crippen molar-refractivity contribution in [2.75, 3.05) is 13.7 Å². The van der Waals surface area contributed by atoms with Gasteiger partial charge in [-0.25, -0.2) is 0 Å². The maximum atomic E-state index is 5.56. The molecule has 0 saturated heterocycles. The zero-order valence-electron chi connectivity index (χ0n) is 8.75. The number of benzene rings is 1. The second-order valence-corrected chi connectivity index (χ2v) is 3.07. The first kappa shape index (κ1) is 10.9. The van der Waals surface area contributed by atoms with Crippen LogP contribution in [0.5, 0.6) is 11.5 Å². The molecule has 0 aliphatic rings. The van der Waals surface area contributed by atoms with Crippen LogP contribution in [-0.4, -0.2) is 13.7 Å². The van der Waals surface area contributed by atoms with Crippen molar-refractivity contribution in [1.29, 1.82) is 0 Å². The van der Waals surface area contributed by atoms with Crippen LogP contribution in [0.15, 0.2) is 18.2 Å². The third kappa shape index (κ3) is 2.92. The van der Waals surface area contributed by atoms with Crippen LogP contribution in [0.4, 0.5) is 0 Å². The molecule has 0 aromatic heterocycles. The lowest BCUT2D eigenvalue weighted by Gasteiger charge is -2.08. The van der Waals surface area contributed by atoms with Crippen molar-refractivity contribution in [3.8, 4) is 11.5 Å². The van der Waals surface area contributed by atoms with Crippen molar-refractivity contribution in [2.45, 2.75) is 19.9 Å². The molecule has 78 valence electrons. The number of methoxy groups -OCH3 is 1. The summed E-state index contributed by atoms with van der Waals surface area (Å²) in [4.78, 5) is 0. The maximum Gasteiger partial charge on any atom is 0.123 e. The zero-order chi connectivity index (χ0) is 10.4. The molecule has 0 radical (unpaired) electrons. The van der Waals surface area contributed by atoms with Gasteiger partial charge in [0.05, 0.1) is 13.7 Å². The molecular weight excluding hydrogens is 178 g/mol. The van der Waals surface area contributed by atoms with E-state index in [1.165, 1.54) is 0 Å². The topological polar surface area (TPSA) is 44.5 Å². The minimum absolute atomic E-state index is 0.500. The molecule has 1 aromatic rings. The molecule has 1 aromatic carbocycles. The Labute approximate surface area is 84.8 Å². The van der Waals surface area contributed by atoms with Crippen LogP contribution in [-0.2, 0) is 6.54 Å². The molecule has 0 spiro atoms. The highest BCUT2D eigenvalue weighted by molar-refractivity contribution is 5.38. The minimum atomic E-state index is 0.500. The van der Waals surface area contributed by atoms with Crippen LogP contribution in [0, 0.1) is 0 Å². The van der Waals surface area contributed by atoms with E-state index in [1.54, 1.807) is 7.11 Å². The summed E-state index contributed by atoms with van der Waals surface area (Å²) in [6.45, 7) is 3.29. The van der Waals surface area contributed by atoms with Crippen molar-refractivity contribution in [1.82, 2.24) is 0 Å². The standard InChI is InChI=1S/C11H17NO2/c1-3-4-14-11-6-9(8-12)5-10(7-11)13-2/h5-7H,3-4,8,12H2,1-2H3. The smallest absolute Gasteiger partial charge is 0.123 e. The van der Waals surface area contributed by atoms with Crippen LogP contribution < -0.4 is 15.2 Å². The molecule has 3 nitrogen and oxygen atoms in total.